The van der Waals surface area contributed by atoms with Gasteiger partial charge in [0.25, 0.3) is 0 Å². The zero-order valence-corrected chi connectivity index (χ0v) is 10.9. The monoisotopic (exact) mass is 254 g/mol. The predicted molar refractivity (Wildman–Crippen MR) is 69.5 cm³/mol. The van der Waals surface area contributed by atoms with E-state index in [0.29, 0.717) is 11.6 Å². The van der Waals surface area contributed by atoms with E-state index in [0.717, 1.165) is 19.4 Å². The molecule has 0 saturated carbocycles. The molecule has 2 atom stereocenters. The molecular weight excluding hydrogens is 234 g/mol. The molecule has 0 bridgehead atoms. The van der Waals surface area contributed by atoms with Gasteiger partial charge in [-0.25, -0.2) is 8.78 Å². The second kappa shape index (κ2) is 5.22. The average molecular weight is 254 g/mol. The lowest BCUT2D eigenvalue weighted by atomic mass is 9.91. The Morgan fingerprint density at radius 1 is 1.28 bits per heavy atom. The van der Waals surface area contributed by atoms with Gasteiger partial charge in [-0.15, -0.1) is 0 Å². The molecule has 100 valence electrons. The van der Waals surface area contributed by atoms with Crippen LogP contribution in [0, 0.1) is 17.6 Å². The lowest BCUT2D eigenvalue weighted by Crippen LogP contribution is -2.43. The van der Waals surface area contributed by atoms with Crippen molar-refractivity contribution in [3.63, 3.8) is 0 Å². The highest BCUT2D eigenvalue weighted by atomic mass is 19.2. The van der Waals surface area contributed by atoms with Gasteiger partial charge >= 0.3 is 0 Å². The fourth-order valence-electron chi connectivity index (χ4n) is 2.63. The van der Waals surface area contributed by atoms with Crippen LogP contribution < -0.4 is 10.6 Å². The van der Waals surface area contributed by atoms with Gasteiger partial charge in [0.05, 0.1) is 5.69 Å². The summed E-state index contributed by atoms with van der Waals surface area (Å²) < 4.78 is 27.8. The highest BCUT2D eigenvalue weighted by Crippen LogP contribution is 2.31. The molecule has 1 aliphatic rings. The molecule has 1 aliphatic heterocycles. The van der Waals surface area contributed by atoms with Gasteiger partial charge in [0, 0.05) is 24.7 Å². The molecule has 0 radical (unpaired) electrons. The molecule has 2 unspecified atom stereocenters. The van der Waals surface area contributed by atoms with Gasteiger partial charge in [-0.3, -0.25) is 0 Å². The molecule has 2 nitrogen and oxygen atoms in total. The van der Waals surface area contributed by atoms with Gasteiger partial charge in [-0.1, -0.05) is 13.0 Å². The molecule has 4 heteroatoms. The molecule has 2 N–H and O–H groups in total. The van der Waals surface area contributed by atoms with E-state index < -0.39 is 11.6 Å². The molecule has 0 aliphatic carbocycles. The maximum atomic E-state index is 14.1. The maximum absolute atomic E-state index is 14.1. The number of hydrogen-bond donors (Lipinski definition) is 1. The van der Waals surface area contributed by atoms with Gasteiger partial charge in [-0.05, 0) is 31.7 Å². The molecule has 1 aromatic carbocycles. The van der Waals surface area contributed by atoms with Crippen molar-refractivity contribution in [2.24, 2.45) is 11.7 Å². The molecule has 2 rings (SSSR count). The number of nitrogens with two attached hydrogens (primary N) is 1. The standard InChI is InChI=1S/C14H20F2N2/c1-9-4-3-7-18(10(9)2)12-6-5-11(8-17)13(15)14(12)16/h5-6,9-10H,3-4,7-8,17H2,1-2H3. The molecule has 1 aromatic rings. The number of hydrogen-bond acceptors (Lipinski definition) is 2. The molecular formula is C14H20F2N2. The van der Waals surface area contributed by atoms with Gasteiger partial charge in [0.2, 0.25) is 0 Å². The third kappa shape index (κ3) is 2.21. The number of piperidine rings is 1. The van der Waals surface area contributed by atoms with Crippen molar-refractivity contribution in [3.05, 3.63) is 29.3 Å². The van der Waals surface area contributed by atoms with Crippen molar-refractivity contribution in [3.8, 4) is 0 Å². The molecule has 0 spiro atoms. The van der Waals surface area contributed by atoms with Crippen molar-refractivity contribution in [2.75, 3.05) is 11.4 Å². The van der Waals surface area contributed by atoms with Gasteiger partial charge < -0.3 is 10.6 Å². The van der Waals surface area contributed by atoms with Crippen LogP contribution >= 0.6 is 0 Å². The summed E-state index contributed by atoms with van der Waals surface area (Å²) >= 11 is 0. The zero-order valence-electron chi connectivity index (χ0n) is 10.9. The van der Waals surface area contributed by atoms with Crippen molar-refractivity contribution in [1.82, 2.24) is 0 Å². The fraction of sp³-hybridized carbons (Fsp3) is 0.571. The van der Waals surface area contributed by atoms with Gasteiger partial charge in [0.1, 0.15) is 0 Å². The summed E-state index contributed by atoms with van der Waals surface area (Å²) in [5.74, 6) is -1.07. The third-order valence-corrected chi connectivity index (χ3v) is 4.04. The Labute approximate surface area is 107 Å². The van der Waals surface area contributed by atoms with Gasteiger partial charge in [-0.2, -0.15) is 0 Å². The Hall–Kier alpha value is -1.16. The van der Waals surface area contributed by atoms with Crippen LogP contribution in [0.3, 0.4) is 0 Å². The van der Waals surface area contributed by atoms with E-state index in [2.05, 4.69) is 13.8 Å². The molecule has 1 saturated heterocycles. The lowest BCUT2D eigenvalue weighted by molar-refractivity contribution is 0.358. The fourth-order valence-corrected chi connectivity index (χ4v) is 2.63. The number of nitrogens with zero attached hydrogens (tertiary/aromatic N) is 1. The minimum absolute atomic E-state index is 0.0228. The summed E-state index contributed by atoms with van der Waals surface area (Å²) in [6.45, 7) is 5.02. The van der Waals surface area contributed by atoms with Crippen LogP contribution in [0.5, 0.6) is 0 Å². The van der Waals surface area contributed by atoms with Crippen LogP contribution in [0.2, 0.25) is 0 Å². The number of rotatable bonds is 2. The Bertz CT molecular complexity index is 434. The second-order valence-electron chi connectivity index (χ2n) is 5.13. The number of anilines is 1. The topological polar surface area (TPSA) is 29.3 Å². The second-order valence-corrected chi connectivity index (χ2v) is 5.13. The van der Waals surface area contributed by atoms with E-state index in [1.807, 2.05) is 4.90 Å². The first-order valence-corrected chi connectivity index (χ1v) is 6.49. The van der Waals surface area contributed by atoms with Crippen LogP contribution in [-0.4, -0.2) is 12.6 Å². The number of benzene rings is 1. The van der Waals surface area contributed by atoms with E-state index in [4.69, 9.17) is 5.73 Å². The maximum Gasteiger partial charge on any atom is 0.182 e. The summed E-state index contributed by atoms with van der Waals surface area (Å²) in [7, 11) is 0. The highest BCUT2D eigenvalue weighted by molar-refractivity contribution is 5.51. The first kappa shape index (κ1) is 13.3. The molecule has 0 aromatic heterocycles. The summed E-state index contributed by atoms with van der Waals surface area (Å²) in [5, 5.41) is 0. The summed E-state index contributed by atoms with van der Waals surface area (Å²) in [6.07, 6.45) is 2.16. The first-order chi connectivity index (χ1) is 8.56. The van der Waals surface area contributed by atoms with Crippen LogP contribution in [0.25, 0.3) is 0 Å². The van der Waals surface area contributed by atoms with E-state index in [1.54, 1.807) is 12.1 Å². The van der Waals surface area contributed by atoms with Crippen molar-refractivity contribution >= 4 is 5.69 Å². The quantitative estimate of drug-likeness (QED) is 0.879. The minimum atomic E-state index is -0.805. The molecule has 0 amide bonds. The molecule has 1 fully saturated rings. The summed E-state index contributed by atoms with van der Waals surface area (Å²) in [5.41, 5.74) is 5.97. The normalized spacial score (nSPS) is 24.4. The Morgan fingerprint density at radius 3 is 2.67 bits per heavy atom. The predicted octanol–water partition coefficient (Wildman–Crippen LogP) is 3.05. The Kier molecular flexibility index (Phi) is 3.85. The lowest BCUT2D eigenvalue weighted by Gasteiger charge is -2.39. The van der Waals surface area contributed by atoms with E-state index in [-0.39, 0.29) is 18.2 Å². The van der Waals surface area contributed by atoms with Crippen molar-refractivity contribution in [2.45, 2.75) is 39.3 Å². The van der Waals surface area contributed by atoms with Crippen LogP contribution in [-0.2, 0) is 6.54 Å². The Balaban J connectivity index is 2.36. The van der Waals surface area contributed by atoms with E-state index >= 15 is 0 Å². The van der Waals surface area contributed by atoms with Crippen molar-refractivity contribution in [1.29, 1.82) is 0 Å². The summed E-state index contributed by atoms with van der Waals surface area (Å²) in [4.78, 5) is 1.97. The van der Waals surface area contributed by atoms with E-state index in [1.165, 1.54) is 0 Å². The Morgan fingerprint density at radius 2 is 2.00 bits per heavy atom. The average Bonchev–Trinajstić information content (AvgIpc) is 2.37. The van der Waals surface area contributed by atoms with E-state index in [9.17, 15) is 8.78 Å². The van der Waals surface area contributed by atoms with Crippen molar-refractivity contribution < 1.29 is 8.78 Å². The largest absolute Gasteiger partial charge is 0.366 e. The molecule has 18 heavy (non-hydrogen) atoms. The first-order valence-electron chi connectivity index (χ1n) is 6.49. The highest BCUT2D eigenvalue weighted by Gasteiger charge is 2.27. The zero-order chi connectivity index (χ0) is 13.3. The smallest absolute Gasteiger partial charge is 0.182 e. The van der Waals surface area contributed by atoms with Crippen LogP contribution in [0.1, 0.15) is 32.3 Å². The van der Waals surface area contributed by atoms with Crippen LogP contribution in [0.15, 0.2) is 12.1 Å². The third-order valence-electron chi connectivity index (χ3n) is 4.04. The molecule has 1 heterocycles. The minimum Gasteiger partial charge on any atom is -0.366 e. The number of halogens is 2. The van der Waals surface area contributed by atoms with Crippen LogP contribution in [0.4, 0.5) is 14.5 Å². The SMILES string of the molecule is CC1CCCN(c2ccc(CN)c(F)c2F)C1C. The summed E-state index contributed by atoms with van der Waals surface area (Å²) in [6, 6.07) is 3.46. The van der Waals surface area contributed by atoms with Gasteiger partial charge in [0.15, 0.2) is 11.6 Å².